The van der Waals surface area contributed by atoms with Crippen molar-refractivity contribution in [3.05, 3.63) is 34.6 Å². The number of hydrogen-bond acceptors (Lipinski definition) is 4. The topological polar surface area (TPSA) is 66.0 Å². The predicted molar refractivity (Wildman–Crippen MR) is 71.1 cm³/mol. The third kappa shape index (κ3) is 2.80. The van der Waals surface area contributed by atoms with Gasteiger partial charge in [0.05, 0.1) is 0 Å². The molecule has 0 aliphatic carbocycles. The van der Waals surface area contributed by atoms with E-state index in [1.54, 1.807) is 36.3 Å². The Morgan fingerprint density at radius 3 is 2.82 bits per heavy atom. The Kier molecular flexibility index (Phi) is 3.39. The molecule has 0 atom stereocenters. The lowest BCUT2D eigenvalue weighted by atomic mass is 10.2. The molecule has 88 valence electrons. The molecule has 0 amide bonds. The lowest BCUT2D eigenvalue weighted by Crippen LogP contribution is -2.09. The molecular weight excluding hydrogens is 304 g/mol. The molecule has 7 heteroatoms. The Labute approximate surface area is 112 Å². The van der Waals surface area contributed by atoms with Gasteiger partial charge in [0.1, 0.15) is 17.1 Å². The molecule has 0 aliphatic rings. The highest BCUT2D eigenvalue weighted by molar-refractivity contribution is 9.10. The quantitative estimate of drug-likeness (QED) is 0.878. The van der Waals surface area contributed by atoms with Gasteiger partial charge in [-0.3, -0.25) is 4.68 Å². The molecule has 2 N–H and O–H groups in total. The van der Waals surface area contributed by atoms with Crippen LogP contribution in [0.3, 0.4) is 0 Å². The Morgan fingerprint density at radius 1 is 1.53 bits per heavy atom. The van der Waals surface area contributed by atoms with Crippen molar-refractivity contribution in [1.29, 1.82) is 0 Å². The number of aryl methyl sites for hydroxylation is 1. The third-order valence-electron chi connectivity index (χ3n) is 1.99. The highest BCUT2D eigenvalue weighted by Gasteiger charge is 2.07. The van der Waals surface area contributed by atoms with Gasteiger partial charge in [-0.05, 0) is 34.1 Å². The highest BCUT2D eigenvalue weighted by atomic mass is 79.9. The average molecular weight is 313 g/mol. The number of nitrogens with two attached hydrogens (primary N) is 1. The van der Waals surface area contributed by atoms with E-state index in [1.165, 1.54) is 0 Å². The van der Waals surface area contributed by atoms with Crippen LogP contribution in [0, 0.1) is 0 Å². The first-order chi connectivity index (χ1) is 8.06. The zero-order valence-corrected chi connectivity index (χ0v) is 11.3. The van der Waals surface area contributed by atoms with Gasteiger partial charge in [0.2, 0.25) is 0 Å². The minimum atomic E-state index is 0.294. The molecule has 0 bridgehead atoms. The van der Waals surface area contributed by atoms with Crippen molar-refractivity contribution < 1.29 is 4.74 Å². The molecule has 0 spiro atoms. The second kappa shape index (κ2) is 4.80. The molecule has 1 heterocycles. The molecule has 1 aromatic heterocycles. The first-order valence-corrected chi connectivity index (χ1v) is 5.89. The fourth-order valence-corrected chi connectivity index (χ4v) is 2.11. The molecule has 17 heavy (non-hydrogen) atoms. The van der Waals surface area contributed by atoms with Gasteiger partial charge in [-0.15, -0.1) is 5.10 Å². The molecule has 0 fully saturated rings. The largest absolute Gasteiger partial charge is 0.423 e. The van der Waals surface area contributed by atoms with Crippen LogP contribution in [-0.2, 0) is 7.05 Å². The van der Waals surface area contributed by atoms with Gasteiger partial charge >= 0.3 is 6.01 Å². The smallest absolute Gasteiger partial charge is 0.340 e. The van der Waals surface area contributed by atoms with Crippen molar-refractivity contribution in [2.75, 3.05) is 0 Å². The molecular formula is C10H9BrN4OS. The highest BCUT2D eigenvalue weighted by Crippen LogP contribution is 2.25. The van der Waals surface area contributed by atoms with Crippen LogP contribution in [0.4, 0.5) is 0 Å². The standard InChI is InChI=1S/C10H9BrN4OS/c1-15-5-13-10(14-15)16-6-2-3-7(9(12)17)8(11)4-6/h2-5H,1H3,(H2,12,17). The van der Waals surface area contributed by atoms with Crippen LogP contribution in [0.15, 0.2) is 29.0 Å². The van der Waals surface area contributed by atoms with Gasteiger partial charge in [-0.2, -0.15) is 4.98 Å². The summed E-state index contributed by atoms with van der Waals surface area (Å²) in [6.07, 6.45) is 1.56. The molecule has 2 rings (SSSR count). The normalized spacial score (nSPS) is 10.2. The summed E-state index contributed by atoms with van der Waals surface area (Å²) in [5, 5.41) is 4.01. The molecule has 2 aromatic rings. The van der Waals surface area contributed by atoms with E-state index in [1.807, 2.05) is 0 Å². The van der Waals surface area contributed by atoms with Gasteiger partial charge in [-0.1, -0.05) is 12.2 Å². The first kappa shape index (κ1) is 12.0. The van der Waals surface area contributed by atoms with E-state index in [4.69, 9.17) is 22.7 Å². The second-order valence-corrected chi connectivity index (χ2v) is 4.60. The minimum Gasteiger partial charge on any atom is -0.423 e. The summed E-state index contributed by atoms with van der Waals surface area (Å²) in [6, 6.07) is 5.60. The van der Waals surface area contributed by atoms with Crippen molar-refractivity contribution >= 4 is 33.1 Å². The number of aromatic nitrogens is 3. The van der Waals surface area contributed by atoms with E-state index in [-0.39, 0.29) is 0 Å². The lowest BCUT2D eigenvalue weighted by Gasteiger charge is -2.05. The summed E-state index contributed by atoms with van der Waals surface area (Å²) in [7, 11) is 1.77. The number of halogens is 1. The molecule has 0 saturated heterocycles. The maximum atomic E-state index is 5.55. The SMILES string of the molecule is Cn1cnc(Oc2ccc(C(N)=S)c(Br)c2)n1. The van der Waals surface area contributed by atoms with E-state index in [9.17, 15) is 0 Å². The average Bonchev–Trinajstić information content (AvgIpc) is 2.63. The third-order valence-corrected chi connectivity index (χ3v) is 2.87. The number of benzene rings is 1. The summed E-state index contributed by atoms with van der Waals surface area (Å²) in [4.78, 5) is 4.29. The summed E-state index contributed by atoms with van der Waals surface area (Å²) in [5.41, 5.74) is 6.32. The van der Waals surface area contributed by atoms with Crippen molar-refractivity contribution in [3.63, 3.8) is 0 Å². The van der Waals surface area contributed by atoms with Crippen molar-refractivity contribution in [2.24, 2.45) is 12.8 Å². The Hall–Kier alpha value is -1.47. The molecule has 0 saturated carbocycles. The number of thiocarbonyl (C=S) groups is 1. The van der Waals surface area contributed by atoms with Crippen LogP contribution in [0.1, 0.15) is 5.56 Å². The van der Waals surface area contributed by atoms with Gasteiger partial charge in [-0.25, -0.2) is 0 Å². The Morgan fingerprint density at radius 2 is 2.29 bits per heavy atom. The van der Waals surface area contributed by atoms with Gasteiger partial charge in [0, 0.05) is 17.1 Å². The zero-order chi connectivity index (χ0) is 12.4. The van der Waals surface area contributed by atoms with E-state index < -0.39 is 0 Å². The van der Waals surface area contributed by atoms with Crippen molar-refractivity contribution in [2.45, 2.75) is 0 Å². The molecule has 0 unspecified atom stereocenters. The van der Waals surface area contributed by atoms with Gasteiger partial charge < -0.3 is 10.5 Å². The fourth-order valence-electron chi connectivity index (χ4n) is 1.23. The molecule has 0 radical (unpaired) electrons. The summed E-state index contributed by atoms with van der Waals surface area (Å²) < 4.78 is 7.80. The predicted octanol–water partition coefficient (Wildman–Crippen LogP) is 2.00. The lowest BCUT2D eigenvalue weighted by molar-refractivity contribution is 0.438. The first-order valence-electron chi connectivity index (χ1n) is 4.69. The van der Waals surface area contributed by atoms with E-state index in [0.29, 0.717) is 16.7 Å². The minimum absolute atomic E-state index is 0.294. The maximum absolute atomic E-state index is 5.55. The van der Waals surface area contributed by atoms with E-state index >= 15 is 0 Å². The molecule has 0 aliphatic heterocycles. The van der Waals surface area contributed by atoms with Crippen LogP contribution in [0.2, 0.25) is 0 Å². The zero-order valence-electron chi connectivity index (χ0n) is 8.92. The number of rotatable bonds is 3. The van der Waals surface area contributed by atoms with Crippen LogP contribution < -0.4 is 10.5 Å². The van der Waals surface area contributed by atoms with E-state index in [0.717, 1.165) is 10.0 Å². The molecule has 1 aromatic carbocycles. The maximum Gasteiger partial charge on any atom is 0.340 e. The van der Waals surface area contributed by atoms with Crippen LogP contribution >= 0.6 is 28.1 Å². The van der Waals surface area contributed by atoms with Crippen LogP contribution in [0.25, 0.3) is 0 Å². The van der Waals surface area contributed by atoms with Gasteiger partial charge in [0.25, 0.3) is 0 Å². The van der Waals surface area contributed by atoms with Crippen LogP contribution in [0.5, 0.6) is 11.8 Å². The summed E-state index contributed by atoms with van der Waals surface area (Å²) in [6.45, 7) is 0. The van der Waals surface area contributed by atoms with Crippen LogP contribution in [-0.4, -0.2) is 19.8 Å². The van der Waals surface area contributed by atoms with Gasteiger partial charge in [0.15, 0.2) is 0 Å². The van der Waals surface area contributed by atoms with Crippen molar-refractivity contribution in [1.82, 2.24) is 14.8 Å². The Balaban J connectivity index is 2.23. The number of hydrogen-bond donors (Lipinski definition) is 1. The monoisotopic (exact) mass is 312 g/mol. The fraction of sp³-hybridized carbons (Fsp3) is 0.100. The molecule has 5 nitrogen and oxygen atoms in total. The number of ether oxygens (including phenoxy) is 1. The Bertz CT molecular complexity index is 569. The van der Waals surface area contributed by atoms with Crippen molar-refractivity contribution in [3.8, 4) is 11.8 Å². The number of nitrogens with zero attached hydrogens (tertiary/aromatic N) is 3. The summed E-state index contributed by atoms with van der Waals surface area (Å²) >= 11 is 8.28. The second-order valence-electron chi connectivity index (χ2n) is 3.31. The van der Waals surface area contributed by atoms with E-state index in [2.05, 4.69) is 26.0 Å². The summed E-state index contributed by atoms with van der Waals surface area (Å²) in [5.74, 6) is 0.614.